The molecule has 4 rings (SSSR count). The summed E-state index contributed by atoms with van der Waals surface area (Å²) >= 11 is 6.36. The smallest absolute Gasteiger partial charge is 0.294 e. The van der Waals surface area contributed by atoms with Gasteiger partial charge < -0.3 is 20.5 Å². The Labute approximate surface area is 152 Å². The van der Waals surface area contributed by atoms with Crippen LogP contribution in [0.2, 0.25) is 5.15 Å². The molecule has 138 valence electrons. The van der Waals surface area contributed by atoms with Gasteiger partial charge in [0.15, 0.2) is 0 Å². The van der Waals surface area contributed by atoms with Crippen molar-refractivity contribution in [2.24, 2.45) is 5.73 Å². The van der Waals surface area contributed by atoms with Crippen LogP contribution in [-0.4, -0.2) is 34.7 Å². The molecule has 8 nitrogen and oxygen atoms in total. The summed E-state index contributed by atoms with van der Waals surface area (Å²) in [6.45, 7) is 0.775. The number of aromatic nitrogens is 2. The van der Waals surface area contributed by atoms with E-state index < -0.39 is 23.6 Å². The summed E-state index contributed by atoms with van der Waals surface area (Å²) in [6.07, 6.45) is -0.493. The highest BCUT2D eigenvalue weighted by Gasteiger charge is 2.31. The first-order chi connectivity index (χ1) is 12.4. The molecule has 0 saturated carbocycles. The number of anilines is 1. The molecule has 0 spiro atoms. The van der Waals surface area contributed by atoms with Gasteiger partial charge in [-0.1, -0.05) is 11.6 Å². The molecule has 0 radical (unpaired) electrons. The molecule has 26 heavy (non-hydrogen) atoms. The number of carbonyl (C=O) groups excluding carboxylic acids is 1. The zero-order valence-corrected chi connectivity index (χ0v) is 14.5. The molecule has 0 fully saturated rings. The Bertz CT molecular complexity index is 970. The zero-order valence-electron chi connectivity index (χ0n) is 13.8. The standard InChI is InChI=1S/C16H16ClFN4O4/c1-25-16-14(23)20-10-4-8(9(18)5-11(10)26-16)12-13(17)21-3-2-7(19)6-22(21)15(12)24/h4-5,7,16H,2-3,6,19H2,1H3,(H,20,23). The molecular formula is C16H16ClFN4O4. The van der Waals surface area contributed by atoms with Crippen LogP contribution in [0.15, 0.2) is 16.9 Å². The fourth-order valence-corrected chi connectivity index (χ4v) is 3.61. The van der Waals surface area contributed by atoms with Crippen LogP contribution in [0.25, 0.3) is 11.1 Å². The van der Waals surface area contributed by atoms with Crippen molar-refractivity contribution in [1.82, 2.24) is 9.36 Å². The number of nitrogens with zero attached hydrogens (tertiary/aromatic N) is 2. The number of hydrogen-bond acceptors (Lipinski definition) is 5. The molecule has 1 amide bonds. The summed E-state index contributed by atoms with van der Waals surface area (Å²) in [5.41, 5.74) is 5.74. The lowest BCUT2D eigenvalue weighted by molar-refractivity contribution is -0.143. The fourth-order valence-electron chi connectivity index (χ4n) is 3.25. The van der Waals surface area contributed by atoms with Gasteiger partial charge in [-0.2, -0.15) is 0 Å². The molecule has 2 aromatic rings. The van der Waals surface area contributed by atoms with Gasteiger partial charge in [0.2, 0.25) is 0 Å². The van der Waals surface area contributed by atoms with Gasteiger partial charge in [-0.3, -0.25) is 14.3 Å². The van der Waals surface area contributed by atoms with E-state index in [1.165, 1.54) is 17.9 Å². The third-order valence-corrected chi connectivity index (χ3v) is 4.93. The number of ether oxygens (including phenoxy) is 2. The van der Waals surface area contributed by atoms with E-state index in [0.29, 0.717) is 19.5 Å². The quantitative estimate of drug-likeness (QED) is 0.811. The molecule has 1 aromatic carbocycles. The summed E-state index contributed by atoms with van der Waals surface area (Å²) in [5.74, 6) is -1.11. The Morgan fingerprint density at radius 3 is 2.88 bits per heavy atom. The number of fused-ring (bicyclic) bond motifs is 2. The summed E-state index contributed by atoms with van der Waals surface area (Å²) in [6, 6.07) is 2.27. The molecule has 2 atom stereocenters. The molecule has 3 N–H and O–H groups in total. The van der Waals surface area contributed by atoms with E-state index in [9.17, 15) is 14.0 Å². The second kappa shape index (κ2) is 6.11. The molecule has 0 bridgehead atoms. The topological polar surface area (TPSA) is 101 Å². The first-order valence-electron chi connectivity index (χ1n) is 7.99. The molecule has 1 aromatic heterocycles. The van der Waals surface area contributed by atoms with Crippen molar-refractivity contribution in [2.75, 3.05) is 12.4 Å². The van der Waals surface area contributed by atoms with Crippen molar-refractivity contribution >= 4 is 23.2 Å². The number of nitrogens with two attached hydrogens (primary N) is 1. The summed E-state index contributed by atoms with van der Waals surface area (Å²) in [5, 5.41) is 2.71. The highest BCUT2D eigenvalue weighted by molar-refractivity contribution is 6.32. The van der Waals surface area contributed by atoms with E-state index in [4.69, 9.17) is 26.8 Å². The number of carbonyl (C=O) groups is 1. The molecule has 2 aliphatic rings. The number of halogens is 2. The molecule has 3 heterocycles. The van der Waals surface area contributed by atoms with E-state index in [1.807, 2.05) is 0 Å². The SMILES string of the molecule is COC1Oc2cc(F)c(-c3c(Cl)n4n(c3=O)CC(N)CC4)cc2NC1=O. The minimum absolute atomic E-state index is 0.0125. The third-order valence-electron chi connectivity index (χ3n) is 4.55. The van der Waals surface area contributed by atoms with Crippen LogP contribution in [0.1, 0.15) is 6.42 Å². The van der Waals surface area contributed by atoms with Crippen molar-refractivity contribution in [3.05, 3.63) is 33.5 Å². The van der Waals surface area contributed by atoms with Crippen LogP contribution in [0.3, 0.4) is 0 Å². The fraction of sp³-hybridized carbons (Fsp3) is 0.375. The monoisotopic (exact) mass is 382 g/mol. The lowest BCUT2D eigenvalue weighted by Crippen LogP contribution is -2.39. The van der Waals surface area contributed by atoms with Gasteiger partial charge in [-0.05, 0) is 12.5 Å². The van der Waals surface area contributed by atoms with Crippen LogP contribution >= 0.6 is 11.6 Å². The number of hydrogen-bond donors (Lipinski definition) is 2. The largest absolute Gasteiger partial charge is 0.453 e. The maximum Gasteiger partial charge on any atom is 0.294 e. The number of nitrogens with one attached hydrogen (secondary N) is 1. The zero-order chi connectivity index (χ0) is 18.6. The van der Waals surface area contributed by atoms with Crippen LogP contribution in [0.5, 0.6) is 5.75 Å². The normalized spacial score (nSPS) is 21.6. The Morgan fingerprint density at radius 2 is 2.15 bits per heavy atom. The molecule has 10 heteroatoms. The summed E-state index contributed by atoms with van der Waals surface area (Å²) in [7, 11) is 1.30. The minimum Gasteiger partial charge on any atom is -0.453 e. The molecule has 2 unspecified atom stereocenters. The average Bonchev–Trinajstić information content (AvgIpc) is 2.85. The maximum absolute atomic E-state index is 14.7. The molecule has 0 aliphatic carbocycles. The van der Waals surface area contributed by atoms with Crippen molar-refractivity contribution in [3.8, 4) is 16.9 Å². The highest BCUT2D eigenvalue weighted by Crippen LogP contribution is 2.38. The predicted molar refractivity (Wildman–Crippen MR) is 91.7 cm³/mol. The number of benzene rings is 1. The van der Waals surface area contributed by atoms with Crippen LogP contribution in [0, 0.1) is 5.82 Å². The Morgan fingerprint density at radius 1 is 1.38 bits per heavy atom. The first-order valence-corrected chi connectivity index (χ1v) is 8.37. The first kappa shape index (κ1) is 17.1. The van der Waals surface area contributed by atoms with Gasteiger partial charge in [0, 0.05) is 31.3 Å². The summed E-state index contributed by atoms with van der Waals surface area (Å²) in [4.78, 5) is 24.6. The van der Waals surface area contributed by atoms with E-state index in [2.05, 4.69) is 5.32 Å². The molecule has 0 saturated heterocycles. The van der Waals surface area contributed by atoms with Crippen LogP contribution < -0.4 is 21.3 Å². The lowest BCUT2D eigenvalue weighted by Gasteiger charge is -2.25. The number of methoxy groups -OCH3 is 1. The minimum atomic E-state index is -1.16. The highest BCUT2D eigenvalue weighted by atomic mass is 35.5. The third kappa shape index (κ3) is 2.51. The average molecular weight is 383 g/mol. The molecule has 2 aliphatic heterocycles. The second-order valence-corrected chi connectivity index (χ2v) is 6.59. The Balaban J connectivity index is 1.85. The van der Waals surface area contributed by atoms with Gasteiger partial charge in [-0.25, -0.2) is 9.07 Å². The van der Waals surface area contributed by atoms with Crippen molar-refractivity contribution in [2.45, 2.75) is 31.8 Å². The van der Waals surface area contributed by atoms with E-state index >= 15 is 0 Å². The van der Waals surface area contributed by atoms with Gasteiger partial charge >= 0.3 is 0 Å². The van der Waals surface area contributed by atoms with Crippen LogP contribution in [-0.2, 0) is 22.6 Å². The van der Waals surface area contributed by atoms with Crippen molar-refractivity contribution in [3.63, 3.8) is 0 Å². The maximum atomic E-state index is 14.7. The van der Waals surface area contributed by atoms with Crippen LogP contribution in [0.4, 0.5) is 10.1 Å². The Kier molecular flexibility index (Phi) is 4.02. The van der Waals surface area contributed by atoms with E-state index in [-0.39, 0.29) is 33.8 Å². The predicted octanol–water partition coefficient (Wildman–Crippen LogP) is 1.14. The van der Waals surface area contributed by atoms with Gasteiger partial charge in [0.1, 0.15) is 16.7 Å². The van der Waals surface area contributed by atoms with E-state index in [1.54, 1.807) is 4.68 Å². The van der Waals surface area contributed by atoms with Gasteiger partial charge in [0.05, 0.1) is 17.8 Å². The lowest BCUT2D eigenvalue weighted by atomic mass is 10.1. The summed E-state index contributed by atoms with van der Waals surface area (Å²) < 4.78 is 27.9. The van der Waals surface area contributed by atoms with Gasteiger partial charge in [0.25, 0.3) is 17.8 Å². The van der Waals surface area contributed by atoms with E-state index in [0.717, 1.165) is 6.07 Å². The Hall–Kier alpha value is -2.36. The van der Waals surface area contributed by atoms with Crippen molar-refractivity contribution < 1.29 is 18.7 Å². The molecular weight excluding hydrogens is 367 g/mol. The van der Waals surface area contributed by atoms with Gasteiger partial charge in [-0.15, -0.1) is 0 Å². The van der Waals surface area contributed by atoms with Crippen molar-refractivity contribution in [1.29, 1.82) is 0 Å². The second-order valence-electron chi connectivity index (χ2n) is 6.23. The number of rotatable bonds is 2. The number of amides is 1.